The molecule has 92 valence electrons. The first-order chi connectivity index (χ1) is 8.59. The monoisotopic (exact) mass is 244 g/mol. The number of allylic oxidation sites excluding steroid dienone is 3. The van der Waals surface area contributed by atoms with Crippen molar-refractivity contribution >= 4 is 17.3 Å². The number of likely N-dealkylation sites (N-methyl/N-ethyl adjacent to an activating group) is 1. The van der Waals surface area contributed by atoms with Crippen molar-refractivity contribution in [2.45, 2.75) is 6.42 Å². The van der Waals surface area contributed by atoms with Gasteiger partial charge in [-0.2, -0.15) is 0 Å². The van der Waals surface area contributed by atoms with E-state index in [2.05, 4.69) is 0 Å². The molecule has 0 saturated heterocycles. The number of hydrogen-bond acceptors (Lipinski definition) is 3. The Morgan fingerprint density at radius 1 is 1.33 bits per heavy atom. The summed E-state index contributed by atoms with van der Waals surface area (Å²) in [6.45, 7) is 0. The lowest BCUT2D eigenvalue weighted by molar-refractivity contribution is -0.384. The SMILES string of the molecule is CN(C(=O)C1=CC=CC1)c1ccc([N+](=O)[O-])cc1. The summed E-state index contributed by atoms with van der Waals surface area (Å²) in [5.41, 5.74) is 1.37. The molecule has 0 saturated carbocycles. The first-order valence-corrected chi connectivity index (χ1v) is 5.48. The largest absolute Gasteiger partial charge is 0.312 e. The van der Waals surface area contributed by atoms with Crippen molar-refractivity contribution in [2.24, 2.45) is 0 Å². The molecule has 0 aromatic heterocycles. The minimum Gasteiger partial charge on any atom is -0.312 e. The van der Waals surface area contributed by atoms with E-state index in [0.29, 0.717) is 12.1 Å². The highest BCUT2D eigenvalue weighted by Gasteiger charge is 2.17. The van der Waals surface area contributed by atoms with Gasteiger partial charge < -0.3 is 4.90 Å². The molecule has 5 nitrogen and oxygen atoms in total. The van der Waals surface area contributed by atoms with E-state index in [0.717, 1.165) is 5.57 Å². The van der Waals surface area contributed by atoms with Crippen molar-refractivity contribution < 1.29 is 9.72 Å². The zero-order valence-electron chi connectivity index (χ0n) is 9.87. The van der Waals surface area contributed by atoms with E-state index in [-0.39, 0.29) is 11.6 Å². The van der Waals surface area contributed by atoms with Crippen LogP contribution in [-0.4, -0.2) is 17.9 Å². The van der Waals surface area contributed by atoms with Gasteiger partial charge in [-0.05, 0) is 18.6 Å². The molecular weight excluding hydrogens is 232 g/mol. The maximum absolute atomic E-state index is 12.0. The summed E-state index contributed by atoms with van der Waals surface area (Å²) < 4.78 is 0. The Morgan fingerprint density at radius 2 is 2.00 bits per heavy atom. The van der Waals surface area contributed by atoms with Gasteiger partial charge in [0.25, 0.3) is 11.6 Å². The number of benzene rings is 1. The van der Waals surface area contributed by atoms with E-state index in [1.807, 2.05) is 12.2 Å². The number of amides is 1. The third-order valence-corrected chi connectivity index (χ3v) is 2.80. The van der Waals surface area contributed by atoms with E-state index >= 15 is 0 Å². The van der Waals surface area contributed by atoms with Gasteiger partial charge in [0.05, 0.1) is 4.92 Å². The third-order valence-electron chi connectivity index (χ3n) is 2.80. The van der Waals surface area contributed by atoms with Crippen LogP contribution in [0.5, 0.6) is 0 Å². The topological polar surface area (TPSA) is 63.5 Å². The lowest BCUT2D eigenvalue weighted by Gasteiger charge is -2.17. The summed E-state index contributed by atoms with van der Waals surface area (Å²) in [4.78, 5) is 23.6. The van der Waals surface area contributed by atoms with Crippen LogP contribution in [0.3, 0.4) is 0 Å². The van der Waals surface area contributed by atoms with Crippen LogP contribution in [0.25, 0.3) is 0 Å². The molecule has 1 aliphatic rings. The van der Waals surface area contributed by atoms with Crippen LogP contribution in [-0.2, 0) is 4.79 Å². The van der Waals surface area contributed by atoms with Gasteiger partial charge in [0.1, 0.15) is 0 Å². The molecule has 1 aromatic rings. The zero-order chi connectivity index (χ0) is 13.1. The van der Waals surface area contributed by atoms with E-state index in [1.54, 1.807) is 25.3 Å². The molecule has 0 bridgehead atoms. The van der Waals surface area contributed by atoms with Gasteiger partial charge >= 0.3 is 0 Å². The van der Waals surface area contributed by atoms with Crippen molar-refractivity contribution in [3.63, 3.8) is 0 Å². The molecule has 0 fully saturated rings. The van der Waals surface area contributed by atoms with Crippen LogP contribution in [0.15, 0.2) is 48.1 Å². The minimum atomic E-state index is -0.463. The lowest BCUT2D eigenvalue weighted by Crippen LogP contribution is -2.27. The molecular formula is C13H12N2O3. The lowest BCUT2D eigenvalue weighted by atomic mass is 10.2. The molecule has 0 N–H and O–H groups in total. The average Bonchev–Trinajstić information content (AvgIpc) is 2.91. The maximum atomic E-state index is 12.0. The number of carbonyl (C=O) groups excluding carboxylic acids is 1. The average molecular weight is 244 g/mol. The van der Waals surface area contributed by atoms with Gasteiger partial charge in [0.15, 0.2) is 0 Å². The standard InChI is InChI=1S/C13H12N2O3/c1-14(13(16)10-4-2-3-5-10)11-6-8-12(9-7-11)15(17)18/h2-4,6-9H,5H2,1H3. The Labute approximate surface area is 104 Å². The van der Waals surface area contributed by atoms with Crippen LogP contribution in [0.2, 0.25) is 0 Å². The van der Waals surface area contributed by atoms with Crippen LogP contribution < -0.4 is 4.90 Å². The smallest absolute Gasteiger partial charge is 0.269 e. The molecule has 2 rings (SSSR count). The highest BCUT2D eigenvalue weighted by molar-refractivity contribution is 6.06. The summed E-state index contributed by atoms with van der Waals surface area (Å²) >= 11 is 0. The number of nitro benzene ring substituents is 1. The van der Waals surface area contributed by atoms with Crippen LogP contribution in [0.1, 0.15) is 6.42 Å². The molecule has 1 aliphatic carbocycles. The second kappa shape index (κ2) is 4.83. The first-order valence-electron chi connectivity index (χ1n) is 5.48. The van der Waals surface area contributed by atoms with Gasteiger partial charge in [0, 0.05) is 30.4 Å². The number of hydrogen-bond donors (Lipinski definition) is 0. The number of nitro groups is 1. The van der Waals surface area contributed by atoms with Gasteiger partial charge in [-0.1, -0.05) is 18.2 Å². The van der Waals surface area contributed by atoms with Gasteiger partial charge in [-0.25, -0.2) is 0 Å². The predicted molar refractivity (Wildman–Crippen MR) is 68.3 cm³/mol. The fourth-order valence-electron chi connectivity index (χ4n) is 1.74. The van der Waals surface area contributed by atoms with Crippen molar-refractivity contribution in [3.8, 4) is 0 Å². The number of rotatable bonds is 3. The number of non-ortho nitro benzene ring substituents is 1. The molecule has 0 unspecified atom stereocenters. The van der Waals surface area contributed by atoms with Gasteiger partial charge in [0.2, 0.25) is 0 Å². The second-order valence-corrected chi connectivity index (χ2v) is 3.96. The molecule has 0 heterocycles. The van der Waals surface area contributed by atoms with Crippen molar-refractivity contribution in [1.82, 2.24) is 0 Å². The van der Waals surface area contributed by atoms with E-state index in [9.17, 15) is 14.9 Å². The number of anilines is 1. The van der Waals surface area contributed by atoms with E-state index in [1.165, 1.54) is 17.0 Å². The number of nitrogens with zero attached hydrogens (tertiary/aromatic N) is 2. The fourth-order valence-corrected chi connectivity index (χ4v) is 1.74. The van der Waals surface area contributed by atoms with Gasteiger partial charge in [-0.15, -0.1) is 0 Å². The molecule has 1 aromatic carbocycles. The third kappa shape index (κ3) is 2.29. The minimum absolute atomic E-state index is 0.0151. The highest BCUT2D eigenvalue weighted by atomic mass is 16.6. The van der Waals surface area contributed by atoms with Crippen LogP contribution in [0, 0.1) is 10.1 Å². The summed E-state index contributed by atoms with van der Waals surface area (Å²) in [5, 5.41) is 10.5. The Bertz CT molecular complexity index is 544. The summed E-state index contributed by atoms with van der Waals surface area (Å²) in [6.07, 6.45) is 6.17. The molecule has 1 amide bonds. The van der Waals surface area contributed by atoms with E-state index in [4.69, 9.17) is 0 Å². The Hall–Kier alpha value is -2.43. The Morgan fingerprint density at radius 3 is 2.50 bits per heavy atom. The molecule has 0 aliphatic heterocycles. The fraction of sp³-hybridized carbons (Fsp3) is 0.154. The van der Waals surface area contributed by atoms with Crippen molar-refractivity contribution in [3.05, 3.63) is 58.2 Å². The van der Waals surface area contributed by atoms with Crippen molar-refractivity contribution in [2.75, 3.05) is 11.9 Å². The summed E-state index contributed by atoms with van der Waals surface area (Å²) in [6, 6.07) is 5.92. The highest BCUT2D eigenvalue weighted by Crippen LogP contribution is 2.21. The van der Waals surface area contributed by atoms with E-state index < -0.39 is 4.92 Å². The molecule has 18 heavy (non-hydrogen) atoms. The predicted octanol–water partition coefficient (Wildman–Crippen LogP) is 2.44. The molecule has 0 radical (unpaired) electrons. The Kier molecular flexibility index (Phi) is 3.23. The molecule has 0 atom stereocenters. The number of carbonyl (C=O) groups is 1. The van der Waals surface area contributed by atoms with Crippen molar-refractivity contribution in [1.29, 1.82) is 0 Å². The second-order valence-electron chi connectivity index (χ2n) is 3.96. The van der Waals surface area contributed by atoms with Gasteiger partial charge in [-0.3, -0.25) is 14.9 Å². The summed E-state index contributed by atoms with van der Waals surface area (Å²) in [7, 11) is 1.66. The Balaban J connectivity index is 2.15. The normalized spacial score (nSPS) is 13.3. The van der Waals surface area contributed by atoms with Crippen LogP contribution >= 0.6 is 0 Å². The maximum Gasteiger partial charge on any atom is 0.269 e. The summed E-state index contributed by atoms with van der Waals surface area (Å²) in [5.74, 6) is -0.0890. The van der Waals surface area contributed by atoms with Crippen LogP contribution in [0.4, 0.5) is 11.4 Å². The quantitative estimate of drug-likeness (QED) is 0.606. The molecule has 5 heteroatoms. The first kappa shape index (κ1) is 12.0. The zero-order valence-corrected chi connectivity index (χ0v) is 9.87. The molecule has 0 spiro atoms.